The van der Waals surface area contributed by atoms with Gasteiger partial charge in [-0.2, -0.15) is 18.2 Å². The van der Waals surface area contributed by atoms with Gasteiger partial charge in [-0.05, 0) is 43.7 Å². The van der Waals surface area contributed by atoms with Crippen molar-refractivity contribution in [1.82, 2.24) is 15.0 Å². The normalized spacial score (nSPS) is 24.7. The molecule has 2 saturated heterocycles. The Bertz CT molecular complexity index is 838. The van der Waals surface area contributed by atoms with Gasteiger partial charge < -0.3 is 14.4 Å². The van der Waals surface area contributed by atoms with Gasteiger partial charge in [0.1, 0.15) is 0 Å². The summed E-state index contributed by atoms with van der Waals surface area (Å²) in [7, 11) is 0. The van der Waals surface area contributed by atoms with E-state index in [0.717, 1.165) is 38.4 Å². The smallest absolute Gasteiger partial charge is 0.475 e. The quantitative estimate of drug-likeness (QED) is 0.792. The molecule has 0 unspecified atom stereocenters. The van der Waals surface area contributed by atoms with Crippen molar-refractivity contribution in [3.63, 3.8) is 0 Å². The highest BCUT2D eigenvalue weighted by molar-refractivity contribution is 7.10. The molecule has 4 heterocycles. The molecule has 0 saturated carbocycles. The zero-order valence-electron chi connectivity index (χ0n) is 16.0. The fourth-order valence-electron chi connectivity index (χ4n) is 3.64. The molecule has 4 rings (SSSR count). The third kappa shape index (κ3) is 5.34. The Hall–Kier alpha value is -1.98. The first kappa shape index (κ1) is 21.7. The topological polar surface area (TPSA) is 88.7 Å². The van der Waals surface area contributed by atoms with Crippen LogP contribution in [0.1, 0.15) is 40.9 Å². The lowest BCUT2D eigenvalue weighted by Crippen LogP contribution is -2.48. The van der Waals surface area contributed by atoms with Crippen molar-refractivity contribution in [2.75, 3.05) is 13.2 Å². The molecule has 0 radical (unpaired) electrons. The maximum absolute atomic E-state index is 10.6. The molecule has 3 atom stereocenters. The maximum Gasteiger partial charge on any atom is 0.490 e. The largest absolute Gasteiger partial charge is 0.490 e. The molecule has 0 amide bonds. The predicted molar refractivity (Wildman–Crippen MR) is 97.7 cm³/mol. The fourth-order valence-corrected chi connectivity index (χ4v) is 4.57. The van der Waals surface area contributed by atoms with Crippen LogP contribution in [0.4, 0.5) is 13.2 Å². The monoisotopic (exact) mass is 433 g/mol. The highest BCUT2D eigenvalue weighted by Crippen LogP contribution is 2.37. The minimum absolute atomic E-state index is 0.279. The van der Waals surface area contributed by atoms with Crippen molar-refractivity contribution in [1.29, 1.82) is 0 Å². The standard InChI is InChI=1S/C16H21N3O2S.C2HF3O2/c1-10-4-6-22-15(10)9-19-8-12(16-17-11(2)18-21-16)7-14-13(19)3-5-20-14;3-2(4,5)1(6)7/h4,6,12-14H,3,5,7-9H2,1-2H3;(H,6,7)/t12-,13-,14-;/m1./s1. The van der Waals surface area contributed by atoms with Gasteiger partial charge in [0.2, 0.25) is 5.89 Å². The molecular formula is C18H22F3N3O4S. The second-order valence-electron chi connectivity index (χ2n) is 7.14. The summed E-state index contributed by atoms with van der Waals surface area (Å²) < 4.78 is 43.1. The summed E-state index contributed by atoms with van der Waals surface area (Å²) in [5.74, 6) is -1.00. The highest BCUT2D eigenvalue weighted by atomic mass is 32.1. The van der Waals surface area contributed by atoms with E-state index in [-0.39, 0.29) is 5.92 Å². The number of carbonyl (C=O) groups is 1. The maximum atomic E-state index is 10.6. The number of piperidine rings is 1. The van der Waals surface area contributed by atoms with Crippen LogP contribution in [0.15, 0.2) is 16.0 Å². The Morgan fingerprint density at radius 1 is 1.41 bits per heavy atom. The summed E-state index contributed by atoms with van der Waals surface area (Å²) in [5.41, 5.74) is 1.39. The van der Waals surface area contributed by atoms with E-state index in [9.17, 15) is 13.2 Å². The Balaban J connectivity index is 0.000000298. The summed E-state index contributed by atoms with van der Waals surface area (Å²) in [4.78, 5) is 17.3. The molecule has 0 spiro atoms. The summed E-state index contributed by atoms with van der Waals surface area (Å²) in [6.07, 6.45) is -2.66. The zero-order valence-corrected chi connectivity index (χ0v) is 16.8. The molecule has 11 heteroatoms. The molecule has 7 nitrogen and oxygen atoms in total. The van der Waals surface area contributed by atoms with Crippen LogP contribution < -0.4 is 0 Å². The van der Waals surface area contributed by atoms with Gasteiger partial charge in [0.05, 0.1) is 12.0 Å². The number of carboxylic acid groups (broad SMARTS) is 1. The molecule has 1 N–H and O–H groups in total. The number of hydrogen-bond acceptors (Lipinski definition) is 7. The summed E-state index contributed by atoms with van der Waals surface area (Å²) in [5, 5.41) is 13.3. The van der Waals surface area contributed by atoms with E-state index in [0.29, 0.717) is 18.0 Å². The number of alkyl halides is 3. The van der Waals surface area contributed by atoms with Crippen molar-refractivity contribution in [2.45, 2.75) is 57.5 Å². The number of thiophene rings is 1. The first-order valence-corrected chi connectivity index (χ1v) is 10.0. The second kappa shape index (κ2) is 8.80. The average molecular weight is 433 g/mol. The molecule has 2 aliphatic rings. The predicted octanol–water partition coefficient (Wildman–Crippen LogP) is 3.53. The van der Waals surface area contributed by atoms with Crippen LogP contribution in [0, 0.1) is 13.8 Å². The first-order chi connectivity index (χ1) is 13.6. The molecule has 160 valence electrons. The Morgan fingerprint density at radius 3 is 2.69 bits per heavy atom. The van der Waals surface area contributed by atoms with Gasteiger partial charge in [-0.3, -0.25) is 4.90 Å². The van der Waals surface area contributed by atoms with Gasteiger partial charge in [-0.25, -0.2) is 4.79 Å². The van der Waals surface area contributed by atoms with E-state index < -0.39 is 12.1 Å². The van der Waals surface area contributed by atoms with Crippen LogP contribution in [-0.2, 0) is 16.1 Å². The number of carboxylic acids is 1. The lowest BCUT2D eigenvalue weighted by Gasteiger charge is -2.39. The number of aliphatic carboxylic acids is 1. The number of halogens is 3. The van der Waals surface area contributed by atoms with Crippen molar-refractivity contribution < 1.29 is 32.3 Å². The Labute approximate surface area is 169 Å². The molecule has 0 aromatic carbocycles. The van der Waals surface area contributed by atoms with Crippen LogP contribution in [0.5, 0.6) is 0 Å². The second-order valence-corrected chi connectivity index (χ2v) is 8.14. The van der Waals surface area contributed by atoms with E-state index in [1.807, 2.05) is 18.3 Å². The lowest BCUT2D eigenvalue weighted by molar-refractivity contribution is -0.192. The van der Waals surface area contributed by atoms with Gasteiger partial charge in [0.25, 0.3) is 0 Å². The summed E-state index contributed by atoms with van der Waals surface area (Å²) in [6, 6.07) is 2.73. The van der Waals surface area contributed by atoms with E-state index in [4.69, 9.17) is 19.2 Å². The van der Waals surface area contributed by atoms with Gasteiger partial charge in [0.15, 0.2) is 5.82 Å². The van der Waals surface area contributed by atoms with Crippen molar-refractivity contribution in [2.24, 2.45) is 0 Å². The van der Waals surface area contributed by atoms with Gasteiger partial charge in [-0.1, -0.05) is 5.16 Å². The minimum atomic E-state index is -5.08. The Morgan fingerprint density at radius 2 is 2.14 bits per heavy atom. The molecule has 0 bridgehead atoms. The lowest BCUT2D eigenvalue weighted by atomic mass is 9.89. The van der Waals surface area contributed by atoms with Gasteiger partial charge >= 0.3 is 12.1 Å². The SMILES string of the molecule is Cc1noc([C@@H]2C[C@H]3OCC[C@H]3N(Cc3sccc3C)C2)n1.O=C(O)C(F)(F)F. The Kier molecular flexibility index (Phi) is 6.59. The highest BCUT2D eigenvalue weighted by Gasteiger charge is 2.42. The van der Waals surface area contributed by atoms with Crippen LogP contribution in [-0.4, -0.2) is 57.6 Å². The third-order valence-electron chi connectivity index (χ3n) is 5.07. The molecule has 2 aromatic heterocycles. The van der Waals surface area contributed by atoms with Crippen LogP contribution in [0.2, 0.25) is 0 Å². The number of nitrogens with zero attached hydrogens (tertiary/aromatic N) is 3. The number of likely N-dealkylation sites (tertiary alicyclic amines) is 1. The van der Waals surface area contributed by atoms with E-state index in [1.165, 1.54) is 10.4 Å². The summed E-state index contributed by atoms with van der Waals surface area (Å²) in [6.45, 7) is 6.90. The zero-order chi connectivity index (χ0) is 21.2. The van der Waals surface area contributed by atoms with Crippen LogP contribution >= 0.6 is 11.3 Å². The minimum Gasteiger partial charge on any atom is -0.475 e. The molecular weight excluding hydrogens is 411 g/mol. The van der Waals surface area contributed by atoms with Crippen molar-refractivity contribution >= 4 is 17.3 Å². The number of fused-ring (bicyclic) bond motifs is 1. The van der Waals surface area contributed by atoms with E-state index >= 15 is 0 Å². The van der Waals surface area contributed by atoms with Gasteiger partial charge in [0, 0.05) is 30.6 Å². The number of ether oxygens (including phenoxy) is 1. The molecule has 2 fully saturated rings. The molecule has 0 aliphatic carbocycles. The fraction of sp³-hybridized carbons (Fsp3) is 0.611. The first-order valence-electron chi connectivity index (χ1n) is 9.14. The van der Waals surface area contributed by atoms with Crippen LogP contribution in [0.3, 0.4) is 0 Å². The third-order valence-corrected chi connectivity index (χ3v) is 6.07. The number of hydrogen-bond donors (Lipinski definition) is 1. The van der Waals surface area contributed by atoms with Gasteiger partial charge in [-0.15, -0.1) is 11.3 Å². The number of aromatic nitrogens is 2. The van der Waals surface area contributed by atoms with Crippen molar-refractivity contribution in [3.05, 3.63) is 33.6 Å². The molecule has 29 heavy (non-hydrogen) atoms. The van der Waals surface area contributed by atoms with Crippen LogP contribution in [0.25, 0.3) is 0 Å². The number of rotatable bonds is 3. The van der Waals surface area contributed by atoms with Crippen molar-refractivity contribution in [3.8, 4) is 0 Å². The summed E-state index contributed by atoms with van der Waals surface area (Å²) >= 11 is 1.84. The average Bonchev–Trinajstić information content (AvgIpc) is 3.36. The molecule has 2 aliphatic heterocycles. The van der Waals surface area contributed by atoms with E-state index in [1.54, 1.807) is 0 Å². The molecule has 2 aromatic rings. The van der Waals surface area contributed by atoms with E-state index in [2.05, 4.69) is 33.4 Å². The number of aryl methyl sites for hydroxylation is 2.